The van der Waals surface area contributed by atoms with Crippen LogP contribution in [-0.2, 0) is 0 Å². The lowest BCUT2D eigenvalue weighted by Gasteiger charge is -2.36. The van der Waals surface area contributed by atoms with E-state index in [1.54, 1.807) is 4.90 Å². The van der Waals surface area contributed by atoms with Crippen LogP contribution in [0, 0.1) is 0 Å². The van der Waals surface area contributed by atoms with E-state index >= 15 is 0 Å². The van der Waals surface area contributed by atoms with Gasteiger partial charge in [0.25, 0.3) is 5.91 Å². The summed E-state index contributed by atoms with van der Waals surface area (Å²) in [4.78, 5) is 13.5. The van der Waals surface area contributed by atoms with E-state index in [0.29, 0.717) is 24.7 Å². The molecule has 5 heteroatoms. The maximum atomic E-state index is 11.8. The third-order valence-electron chi connectivity index (χ3n) is 2.64. The summed E-state index contributed by atoms with van der Waals surface area (Å²) in [7, 11) is 0. The van der Waals surface area contributed by atoms with Crippen molar-refractivity contribution >= 4 is 5.91 Å². The Morgan fingerprint density at radius 2 is 2.33 bits per heavy atom. The van der Waals surface area contributed by atoms with Gasteiger partial charge < -0.3 is 10.6 Å². The van der Waals surface area contributed by atoms with Gasteiger partial charge in [0.15, 0.2) is 0 Å². The highest BCUT2D eigenvalue weighted by Crippen LogP contribution is 2.15. The van der Waals surface area contributed by atoms with Crippen LogP contribution in [0.4, 0.5) is 0 Å². The number of aromatic nitrogens is 2. The molecule has 15 heavy (non-hydrogen) atoms. The zero-order chi connectivity index (χ0) is 11.0. The zero-order valence-corrected chi connectivity index (χ0v) is 9.03. The number of nitrogens with two attached hydrogens (primary N) is 1. The summed E-state index contributed by atoms with van der Waals surface area (Å²) in [6, 6.07) is 1.95. The highest BCUT2D eigenvalue weighted by Gasteiger charge is 2.29. The summed E-state index contributed by atoms with van der Waals surface area (Å²) >= 11 is 0. The minimum absolute atomic E-state index is 0.0279. The second-order valence-electron chi connectivity index (χ2n) is 4.33. The second-order valence-corrected chi connectivity index (χ2v) is 4.33. The van der Waals surface area contributed by atoms with Crippen LogP contribution in [-0.4, -0.2) is 40.1 Å². The number of amides is 1. The molecule has 0 bridgehead atoms. The summed E-state index contributed by atoms with van der Waals surface area (Å²) < 4.78 is 0. The molecule has 2 heterocycles. The third kappa shape index (κ3) is 1.87. The zero-order valence-electron chi connectivity index (χ0n) is 9.03. The highest BCUT2D eigenvalue weighted by molar-refractivity contribution is 5.93. The highest BCUT2D eigenvalue weighted by atomic mass is 16.2. The Labute approximate surface area is 88.6 Å². The second kappa shape index (κ2) is 3.66. The van der Waals surface area contributed by atoms with Crippen molar-refractivity contribution in [1.82, 2.24) is 15.1 Å². The number of rotatable bonds is 2. The normalized spacial score (nSPS) is 16.9. The Morgan fingerprint density at radius 1 is 1.67 bits per heavy atom. The van der Waals surface area contributed by atoms with Crippen LogP contribution in [0.3, 0.4) is 0 Å². The van der Waals surface area contributed by atoms with Gasteiger partial charge in [-0.15, -0.1) is 0 Å². The summed E-state index contributed by atoms with van der Waals surface area (Å²) in [6.45, 7) is 5.40. The number of likely N-dealkylation sites (tertiary alicyclic amines) is 1. The molecule has 1 aromatic heterocycles. The Hall–Kier alpha value is -1.36. The van der Waals surface area contributed by atoms with Gasteiger partial charge in [-0.1, -0.05) is 13.8 Å². The molecule has 0 radical (unpaired) electrons. The van der Waals surface area contributed by atoms with Gasteiger partial charge in [-0.25, -0.2) is 0 Å². The first-order chi connectivity index (χ1) is 7.08. The fraction of sp³-hybridized carbons (Fsp3) is 0.600. The van der Waals surface area contributed by atoms with E-state index in [1.807, 2.05) is 6.07 Å². The molecule has 0 aromatic carbocycles. The van der Waals surface area contributed by atoms with Crippen LogP contribution in [0.15, 0.2) is 6.07 Å². The Bertz CT molecular complexity index is 365. The molecule has 1 aliphatic rings. The number of carbonyl (C=O) groups excluding carboxylic acids is 1. The van der Waals surface area contributed by atoms with Crippen LogP contribution >= 0.6 is 0 Å². The predicted molar refractivity (Wildman–Crippen MR) is 56.6 cm³/mol. The molecule has 0 spiro atoms. The van der Waals surface area contributed by atoms with E-state index in [-0.39, 0.29) is 11.9 Å². The standard InChI is InChI=1S/C10H16N4O/c1-6(2)8-3-9(13-12-8)10(15)14-4-7(11)5-14/h3,6-7H,4-5,11H2,1-2H3,(H,12,13). The van der Waals surface area contributed by atoms with E-state index in [4.69, 9.17) is 5.73 Å². The molecule has 5 nitrogen and oxygen atoms in total. The molecular formula is C10H16N4O. The van der Waals surface area contributed by atoms with E-state index in [2.05, 4.69) is 24.0 Å². The summed E-state index contributed by atoms with van der Waals surface area (Å²) in [5, 5.41) is 6.88. The topological polar surface area (TPSA) is 75.0 Å². The number of nitrogens with one attached hydrogen (secondary N) is 1. The van der Waals surface area contributed by atoms with Gasteiger partial charge in [0.2, 0.25) is 0 Å². The van der Waals surface area contributed by atoms with E-state index in [1.165, 1.54) is 0 Å². The molecule has 1 amide bonds. The summed E-state index contributed by atoms with van der Waals surface area (Å²) in [5.41, 5.74) is 7.10. The fourth-order valence-electron chi connectivity index (χ4n) is 1.58. The molecule has 1 aliphatic heterocycles. The first kappa shape index (κ1) is 10.2. The fourth-order valence-corrected chi connectivity index (χ4v) is 1.58. The van der Waals surface area contributed by atoms with Gasteiger partial charge in [-0.3, -0.25) is 9.89 Å². The monoisotopic (exact) mass is 208 g/mol. The Kier molecular flexibility index (Phi) is 2.48. The molecular weight excluding hydrogens is 192 g/mol. The van der Waals surface area contributed by atoms with Crippen LogP contribution in [0.2, 0.25) is 0 Å². The van der Waals surface area contributed by atoms with Gasteiger partial charge in [0.05, 0.1) is 0 Å². The number of aromatic amines is 1. The van der Waals surface area contributed by atoms with E-state index in [0.717, 1.165) is 5.69 Å². The maximum Gasteiger partial charge on any atom is 0.274 e. The lowest BCUT2D eigenvalue weighted by molar-refractivity contribution is 0.0602. The van der Waals surface area contributed by atoms with Gasteiger partial charge in [0, 0.05) is 24.8 Å². The van der Waals surface area contributed by atoms with Crippen LogP contribution in [0.25, 0.3) is 0 Å². The van der Waals surface area contributed by atoms with Gasteiger partial charge in [-0.2, -0.15) is 5.10 Å². The van der Waals surface area contributed by atoms with Crippen molar-refractivity contribution in [2.24, 2.45) is 5.73 Å². The van der Waals surface area contributed by atoms with Crippen molar-refractivity contribution in [2.75, 3.05) is 13.1 Å². The molecule has 1 saturated heterocycles. The van der Waals surface area contributed by atoms with Gasteiger partial charge in [0.1, 0.15) is 5.69 Å². The average molecular weight is 208 g/mol. The number of hydrogen-bond acceptors (Lipinski definition) is 3. The molecule has 0 atom stereocenters. The quantitative estimate of drug-likeness (QED) is 0.734. The minimum Gasteiger partial charge on any atom is -0.334 e. The van der Waals surface area contributed by atoms with Crippen molar-refractivity contribution in [3.63, 3.8) is 0 Å². The van der Waals surface area contributed by atoms with Crippen LogP contribution in [0.1, 0.15) is 35.9 Å². The Balaban J connectivity index is 2.06. The molecule has 0 unspecified atom stereocenters. The van der Waals surface area contributed by atoms with Crippen molar-refractivity contribution in [1.29, 1.82) is 0 Å². The van der Waals surface area contributed by atoms with E-state index in [9.17, 15) is 4.79 Å². The van der Waals surface area contributed by atoms with Crippen LogP contribution in [0.5, 0.6) is 0 Å². The Morgan fingerprint density at radius 3 is 2.80 bits per heavy atom. The number of carbonyl (C=O) groups is 1. The molecule has 82 valence electrons. The van der Waals surface area contributed by atoms with Crippen molar-refractivity contribution in [3.8, 4) is 0 Å². The smallest absolute Gasteiger partial charge is 0.274 e. The first-order valence-electron chi connectivity index (χ1n) is 5.18. The first-order valence-corrected chi connectivity index (χ1v) is 5.18. The minimum atomic E-state index is -0.0279. The van der Waals surface area contributed by atoms with Crippen molar-refractivity contribution < 1.29 is 4.79 Å². The van der Waals surface area contributed by atoms with Crippen LogP contribution < -0.4 is 5.73 Å². The number of H-pyrrole nitrogens is 1. The summed E-state index contributed by atoms with van der Waals surface area (Å²) in [5.74, 6) is 0.331. The summed E-state index contributed by atoms with van der Waals surface area (Å²) in [6.07, 6.45) is 0. The molecule has 0 saturated carbocycles. The maximum absolute atomic E-state index is 11.8. The third-order valence-corrected chi connectivity index (χ3v) is 2.64. The largest absolute Gasteiger partial charge is 0.334 e. The lowest BCUT2D eigenvalue weighted by Crippen LogP contribution is -2.57. The molecule has 1 fully saturated rings. The van der Waals surface area contributed by atoms with Gasteiger partial charge >= 0.3 is 0 Å². The number of nitrogens with zero attached hydrogens (tertiary/aromatic N) is 2. The lowest BCUT2D eigenvalue weighted by atomic mass is 10.1. The molecule has 1 aromatic rings. The molecule has 0 aliphatic carbocycles. The van der Waals surface area contributed by atoms with Crippen molar-refractivity contribution in [2.45, 2.75) is 25.8 Å². The molecule has 3 N–H and O–H groups in total. The van der Waals surface area contributed by atoms with Gasteiger partial charge in [-0.05, 0) is 12.0 Å². The predicted octanol–water partition coefficient (Wildman–Crippen LogP) is 0.316. The molecule has 2 rings (SSSR count). The average Bonchev–Trinajstić information content (AvgIpc) is 2.60. The van der Waals surface area contributed by atoms with E-state index < -0.39 is 0 Å². The number of hydrogen-bond donors (Lipinski definition) is 2. The SMILES string of the molecule is CC(C)c1cc(C(=O)N2CC(N)C2)n[nH]1. The van der Waals surface area contributed by atoms with Crippen molar-refractivity contribution in [3.05, 3.63) is 17.5 Å².